The summed E-state index contributed by atoms with van der Waals surface area (Å²) >= 11 is 0. The molecular weight excluding hydrogens is 339 g/mol. The van der Waals surface area contributed by atoms with Gasteiger partial charge in [0.25, 0.3) is 0 Å². The van der Waals surface area contributed by atoms with E-state index in [0.717, 1.165) is 35.8 Å². The monoisotopic (exact) mass is 361 g/mol. The lowest BCUT2D eigenvalue weighted by molar-refractivity contribution is -0.137. The zero-order chi connectivity index (χ0) is 19.1. The molecule has 0 saturated heterocycles. The van der Waals surface area contributed by atoms with Crippen LogP contribution in [0.5, 0.6) is 0 Å². The fourth-order valence-corrected chi connectivity index (χ4v) is 3.22. The molecule has 0 aromatic heterocycles. The molecule has 1 aliphatic carbocycles. The second-order valence-corrected chi connectivity index (χ2v) is 7.09. The van der Waals surface area contributed by atoms with Crippen LogP contribution in [0, 0.1) is 0 Å². The van der Waals surface area contributed by atoms with Gasteiger partial charge < -0.3 is 10.6 Å². The van der Waals surface area contributed by atoms with Crippen molar-refractivity contribution in [2.75, 3.05) is 0 Å². The number of alkyl halides is 3. The minimum Gasteiger partial charge on any atom is -0.390 e. The van der Waals surface area contributed by atoms with Crippen LogP contribution >= 0.6 is 0 Å². The van der Waals surface area contributed by atoms with E-state index in [1.165, 1.54) is 18.5 Å². The van der Waals surface area contributed by atoms with Crippen molar-refractivity contribution >= 4 is 6.34 Å². The van der Waals surface area contributed by atoms with E-state index in [1.807, 2.05) is 13.1 Å². The Balaban J connectivity index is 1.99. The zero-order valence-corrected chi connectivity index (χ0v) is 14.9. The smallest absolute Gasteiger partial charge is 0.390 e. The number of rotatable bonds is 4. The molecule has 1 aliphatic heterocycles. The highest BCUT2D eigenvalue weighted by atomic mass is 19.4. The number of aliphatic imine (C=N–C) groups is 1. The van der Waals surface area contributed by atoms with Gasteiger partial charge in [-0.2, -0.15) is 13.2 Å². The molecule has 2 aliphatic rings. The highest BCUT2D eigenvalue weighted by molar-refractivity contribution is 5.59. The van der Waals surface area contributed by atoms with Crippen LogP contribution < -0.4 is 5.73 Å². The summed E-state index contributed by atoms with van der Waals surface area (Å²) in [5.41, 5.74) is 8.71. The Morgan fingerprint density at radius 3 is 2.62 bits per heavy atom. The Hall–Kier alpha value is -2.50. The minimum absolute atomic E-state index is 0.0232. The first-order chi connectivity index (χ1) is 12.2. The molecule has 0 amide bonds. The molecule has 1 fully saturated rings. The highest BCUT2D eigenvalue weighted by Gasteiger charge is 2.44. The third kappa shape index (κ3) is 3.41. The van der Waals surface area contributed by atoms with E-state index < -0.39 is 11.7 Å². The predicted octanol–water partition coefficient (Wildman–Crippen LogP) is 4.77. The lowest BCUT2D eigenvalue weighted by atomic mass is 9.94. The third-order valence-electron chi connectivity index (χ3n) is 5.08. The molecule has 1 heterocycles. The first-order valence-electron chi connectivity index (χ1n) is 8.47. The van der Waals surface area contributed by atoms with E-state index in [-0.39, 0.29) is 5.54 Å². The number of nitrogens with zero attached hydrogens (tertiary/aromatic N) is 2. The van der Waals surface area contributed by atoms with Gasteiger partial charge in [0, 0.05) is 23.9 Å². The molecule has 0 bridgehead atoms. The molecule has 6 heteroatoms. The molecule has 1 aromatic rings. The SMILES string of the molecule is C=C1C(C)=C(/N=C\N)C(Cc2cccc(C(F)(F)F)c2)=CN1C1(C)CC1. The molecule has 0 radical (unpaired) electrons. The minimum atomic E-state index is -4.36. The van der Waals surface area contributed by atoms with Crippen molar-refractivity contribution in [1.29, 1.82) is 0 Å². The summed E-state index contributed by atoms with van der Waals surface area (Å²) in [6, 6.07) is 5.40. The Labute approximate surface area is 151 Å². The van der Waals surface area contributed by atoms with Gasteiger partial charge in [-0.1, -0.05) is 24.8 Å². The van der Waals surface area contributed by atoms with Gasteiger partial charge in [-0.15, -0.1) is 0 Å². The summed E-state index contributed by atoms with van der Waals surface area (Å²) in [7, 11) is 0. The molecule has 138 valence electrons. The molecule has 3 rings (SSSR count). The summed E-state index contributed by atoms with van der Waals surface area (Å²) in [6.45, 7) is 8.24. The maximum absolute atomic E-state index is 13.0. The van der Waals surface area contributed by atoms with Gasteiger partial charge in [0.1, 0.15) is 0 Å². The molecule has 0 atom stereocenters. The van der Waals surface area contributed by atoms with Crippen LogP contribution in [0.2, 0.25) is 0 Å². The summed E-state index contributed by atoms with van der Waals surface area (Å²) in [6.07, 6.45) is 1.27. The topological polar surface area (TPSA) is 41.6 Å². The zero-order valence-electron chi connectivity index (χ0n) is 14.9. The van der Waals surface area contributed by atoms with Crippen molar-refractivity contribution < 1.29 is 13.2 Å². The van der Waals surface area contributed by atoms with E-state index in [4.69, 9.17) is 5.73 Å². The molecule has 3 nitrogen and oxygen atoms in total. The van der Waals surface area contributed by atoms with Crippen LogP contribution in [-0.4, -0.2) is 16.8 Å². The van der Waals surface area contributed by atoms with Crippen LogP contribution in [0.25, 0.3) is 0 Å². The van der Waals surface area contributed by atoms with Gasteiger partial charge in [-0.3, -0.25) is 0 Å². The number of hydrogen-bond donors (Lipinski definition) is 1. The predicted molar refractivity (Wildman–Crippen MR) is 97.2 cm³/mol. The lowest BCUT2D eigenvalue weighted by Crippen LogP contribution is -2.32. The van der Waals surface area contributed by atoms with E-state index >= 15 is 0 Å². The van der Waals surface area contributed by atoms with Crippen molar-refractivity contribution in [1.82, 2.24) is 4.90 Å². The summed E-state index contributed by atoms with van der Waals surface area (Å²) < 4.78 is 39.0. The second kappa shape index (κ2) is 6.34. The second-order valence-electron chi connectivity index (χ2n) is 7.09. The van der Waals surface area contributed by atoms with Crippen molar-refractivity contribution in [3.63, 3.8) is 0 Å². The number of hydrogen-bond acceptors (Lipinski definition) is 2. The maximum Gasteiger partial charge on any atom is 0.416 e. The average molecular weight is 361 g/mol. The van der Waals surface area contributed by atoms with Gasteiger partial charge >= 0.3 is 6.18 Å². The molecule has 1 saturated carbocycles. The number of nitrogens with two attached hydrogens (primary N) is 1. The van der Waals surface area contributed by atoms with Gasteiger partial charge in [-0.25, -0.2) is 4.99 Å². The standard InChI is InChI=1S/C20H22F3N3/c1-13-14(2)26(19(3)7-8-19)11-16(18(13)25-12-24)9-15-5-4-6-17(10-15)20(21,22)23/h4-6,10-12H,2,7-9H2,1,3H3,(H2,24,25). The number of benzene rings is 1. The number of allylic oxidation sites excluding steroid dienone is 2. The number of halogens is 3. The van der Waals surface area contributed by atoms with Crippen LogP contribution in [0.1, 0.15) is 37.8 Å². The van der Waals surface area contributed by atoms with Crippen LogP contribution in [0.15, 0.2) is 64.6 Å². The maximum atomic E-state index is 13.0. The van der Waals surface area contributed by atoms with Crippen molar-refractivity contribution in [2.24, 2.45) is 10.7 Å². The largest absolute Gasteiger partial charge is 0.416 e. The van der Waals surface area contributed by atoms with Crippen LogP contribution in [0.3, 0.4) is 0 Å². The van der Waals surface area contributed by atoms with E-state index in [9.17, 15) is 13.2 Å². The Morgan fingerprint density at radius 1 is 1.35 bits per heavy atom. The quantitative estimate of drug-likeness (QED) is 0.620. The van der Waals surface area contributed by atoms with Crippen molar-refractivity contribution in [2.45, 2.75) is 44.8 Å². The normalized spacial score (nSPS) is 20.0. The van der Waals surface area contributed by atoms with Crippen LogP contribution in [-0.2, 0) is 12.6 Å². The lowest BCUT2D eigenvalue weighted by Gasteiger charge is -2.35. The van der Waals surface area contributed by atoms with Crippen LogP contribution in [0.4, 0.5) is 13.2 Å². The fraction of sp³-hybridized carbons (Fsp3) is 0.350. The van der Waals surface area contributed by atoms with Gasteiger partial charge in [0.05, 0.1) is 17.6 Å². The molecular formula is C20H22F3N3. The van der Waals surface area contributed by atoms with E-state index in [0.29, 0.717) is 17.7 Å². The van der Waals surface area contributed by atoms with E-state index in [1.54, 1.807) is 6.07 Å². The summed E-state index contributed by atoms with van der Waals surface area (Å²) in [4.78, 5) is 6.38. The first-order valence-corrected chi connectivity index (χ1v) is 8.47. The average Bonchev–Trinajstić information content (AvgIpc) is 3.32. The Kier molecular flexibility index (Phi) is 4.46. The Bertz CT molecular complexity index is 827. The molecule has 0 spiro atoms. The molecule has 1 aromatic carbocycles. The molecule has 26 heavy (non-hydrogen) atoms. The van der Waals surface area contributed by atoms with Gasteiger partial charge in [0.15, 0.2) is 0 Å². The summed E-state index contributed by atoms with van der Waals surface area (Å²) in [5, 5.41) is 0. The third-order valence-corrected chi connectivity index (χ3v) is 5.08. The molecule has 0 unspecified atom stereocenters. The van der Waals surface area contributed by atoms with E-state index in [2.05, 4.69) is 23.4 Å². The van der Waals surface area contributed by atoms with Gasteiger partial charge in [0.2, 0.25) is 0 Å². The fourth-order valence-electron chi connectivity index (χ4n) is 3.22. The van der Waals surface area contributed by atoms with Crippen molar-refractivity contribution in [3.05, 3.63) is 70.7 Å². The summed E-state index contributed by atoms with van der Waals surface area (Å²) in [5.74, 6) is 0. The molecule has 2 N–H and O–H groups in total. The first kappa shape index (κ1) is 18.3. The Morgan fingerprint density at radius 2 is 2.04 bits per heavy atom. The van der Waals surface area contributed by atoms with Gasteiger partial charge in [-0.05, 0) is 49.5 Å². The highest BCUT2D eigenvalue weighted by Crippen LogP contribution is 2.47. The van der Waals surface area contributed by atoms with Crippen molar-refractivity contribution in [3.8, 4) is 0 Å².